The molecule has 0 bridgehead atoms. The first-order valence-corrected chi connectivity index (χ1v) is 15.3. The predicted molar refractivity (Wildman–Crippen MR) is 163 cm³/mol. The number of benzene rings is 4. The van der Waals surface area contributed by atoms with Crippen LogP contribution in [0.25, 0.3) is 10.8 Å². The van der Waals surface area contributed by atoms with E-state index in [1.807, 2.05) is 43.3 Å². The van der Waals surface area contributed by atoms with Crippen LogP contribution in [0.3, 0.4) is 0 Å². The second-order valence-electron chi connectivity index (χ2n) is 10.3. The van der Waals surface area contributed by atoms with Crippen molar-refractivity contribution in [2.24, 2.45) is 11.7 Å². The van der Waals surface area contributed by atoms with E-state index in [9.17, 15) is 22.8 Å². The largest absolute Gasteiger partial charge is 0.345 e. The zero-order chi connectivity index (χ0) is 30.3. The van der Waals surface area contributed by atoms with E-state index in [4.69, 9.17) is 5.73 Å². The van der Waals surface area contributed by atoms with Gasteiger partial charge in [-0.1, -0.05) is 117 Å². The third kappa shape index (κ3) is 6.99. The van der Waals surface area contributed by atoms with Gasteiger partial charge in [-0.15, -0.1) is 0 Å². The van der Waals surface area contributed by atoms with Crippen LogP contribution in [0.4, 0.5) is 0 Å². The highest BCUT2D eigenvalue weighted by Crippen LogP contribution is 2.28. The fraction of sp³-hybridized carbons (Fsp3) is 0.242. The highest BCUT2D eigenvalue weighted by Gasteiger charge is 2.41. The van der Waals surface area contributed by atoms with E-state index in [2.05, 4.69) is 10.0 Å². The zero-order valence-corrected chi connectivity index (χ0v) is 24.4. The van der Waals surface area contributed by atoms with Crippen LogP contribution >= 0.6 is 0 Å². The Labute approximate surface area is 246 Å². The molecule has 0 aliphatic heterocycles. The molecule has 4 aromatic carbocycles. The van der Waals surface area contributed by atoms with Crippen LogP contribution in [-0.2, 0) is 31.0 Å². The van der Waals surface area contributed by atoms with E-state index >= 15 is 0 Å². The first kappa shape index (κ1) is 30.8. The lowest BCUT2D eigenvalue weighted by Gasteiger charge is -2.30. The molecule has 4 rings (SSSR count). The number of Topliss-reactive ketones (excluding diaryl/α,β-unsaturated/α-hetero) is 2. The summed E-state index contributed by atoms with van der Waals surface area (Å²) in [6, 6.07) is 26.8. The Bertz CT molecular complexity index is 1650. The summed E-state index contributed by atoms with van der Waals surface area (Å²) in [6.45, 7) is 3.72. The number of fused-ring (bicyclic) bond motifs is 1. The van der Waals surface area contributed by atoms with E-state index in [1.54, 1.807) is 67.6 Å². The molecule has 0 aliphatic rings. The summed E-state index contributed by atoms with van der Waals surface area (Å²) in [6.07, 6.45) is 0.469. The van der Waals surface area contributed by atoms with Crippen molar-refractivity contribution in [3.63, 3.8) is 0 Å². The molecule has 218 valence electrons. The Morgan fingerprint density at radius 2 is 1.40 bits per heavy atom. The van der Waals surface area contributed by atoms with Gasteiger partial charge in [0.1, 0.15) is 0 Å². The summed E-state index contributed by atoms with van der Waals surface area (Å²) in [7, 11) is -4.18. The van der Waals surface area contributed by atoms with Gasteiger partial charge < -0.3 is 11.1 Å². The zero-order valence-electron chi connectivity index (χ0n) is 23.6. The third-order valence-corrected chi connectivity index (χ3v) is 8.99. The SMILES string of the molecule is CC[C@H](C)[C@H](NS(=O)(=O)c1cccc2ccccc12)C(=O)C(c1ccccc1)[C@H](N)C(=O)C(=O)NCc1ccccc1. The number of nitrogens with two attached hydrogens (primary N) is 1. The summed E-state index contributed by atoms with van der Waals surface area (Å²) < 4.78 is 30.1. The number of carbonyl (C=O) groups excluding carboxylic acids is 3. The fourth-order valence-electron chi connectivity index (χ4n) is 4.92. The predicted octanol–water partition coefficient (Wildman–Crippen LogP) is 4.10. The number of sulfonamides is 1. The third-order valence-electron chi connectivity index (χ3n) is 7.49. The smallest absolute Gasteiger partial charge is 0.289 e. The Kier molecular flexibility index (Phi) is 10.0. The first-order valence-electron chi connectivity index (χ1n) is 13.8. The molecular formula is C33H35N3O5S. The second kappa shape index (κ2) is 13.7. The van der Waals surface area contributed by atoms with Gasteiger partial charge in [-0.3, -0.25) is 14.4 Å². The number of hydrogen-bond donors (Lipinski definition) is 3. The molecule has 0 aliphatic carbocycles. The Balaban J connectivity index is 1.66. The molecule has 0 saturated heterocycles. The molecular weight excluding hydrogens is 550 g/mol. The lowest BCUT2D eigenvalue weighted by Crippen LogP contribution is -2.53. The van der Waals surface area contributed by atoms with Gasteiger partial charge in [-0.05, 0) is 28.5 Å². The van der Waals surface area contributed by atoms with Gasteiger partial charge in [-0.2, -0.15) is 0 Å². The van der Waals surface area contributed by atoms with Crippen LogP contribution in [0.2, 0.25) is 0 Å². The summed E-state index contributed by atoms with van der Waals surface area (Å²) in [4.78, 5) is 40.4. The highest BCUT2D eigenvalue weighted by atomic mass is 32.2. The van der Waals surface area contributed by atoms with Gasteiger partial charge >= 0.3 is 0 Å². The van der Waals surface area contributed by atoms with Crippen molar-refractivity contribution in [3.05, 3.63) is 114 Å². The summed E-state index contributed by atoms with van der Waals surface area (Å²) in [5.41, 5.74) is 7.59. The number of amides is 1. The first-order chi connectivity index (χ1) is 20.1. The van der Waals surface area contributed by atoms with Crippen molar-refractivity contribution < 1.29 is 22.8 Å². The van der Waals surface area contributed by atoms with Gasteiger partial charge in [0.15, 0.2) is 5.78 Å². The summed E-state index contributed by atoms with van der Waals surface area (Å²) in [5.74, 6) is -4.18. The van der Waals surface area contributed by atoms with Crippen molar-refractivity contribution in [2.75, 3.05) is 0 Å². The second-order valence-corrected chi connectivity index (χ2v) is 12.0. The molecule has 4 N–H and O–H groups in total. The molecule has 0 spiro atoms. The Morgan fingerprint density at radius 3 is 2.07 bits per heavy atom. The molecule has 4 atom stereocenters. The van der Waals surface area contributed by atoms with Crippen molar-refractivity contribution in [1.29, 1.82) is 0 Å². The molecule has 9 heteroatoms. The molecule has 0 saturated carbocycles. The van der Waals surface area contributed by atoms with Gasteiger partial charge in [0.05, 0.1) is 22.9 Å². The van der Waals surface area contributed by atoms with E-state index in [1.165, 1.54) is 6.07 Å². The monoisotopic (exact) mass is 585 g/mol. The lowest BCUT2D eigenvalue weighted by atomic mass is 9.80. The summed E-state index contributed by atoms with van der Waals surface area (Å²) >= 11 is 0. The van der Waals surface area contributed by atoms with E-state index < -0.39 is 51.4 Å². The molecule has 1 unspecified atom stereocenters. The maximum absolute atomic E-state index is 14.3. The summed E-state index contributed by atoms with van der Waals surface area (Å²) in [5, 5.41) is 3.83. The van der Waals surface area contributed by atoms with Crippen LogP contribution in [-0.4, -0.2) is 38.0 Å². The minimum atomic E-state index is -4.18. The van der Waals surface area contributed by atoms with Crippen molar-refractivity contribution in [2.45, 2.75) is 49.7 Å². The molecule has 4 aromatic rings. The average Bonchev–Trinajstić information content (AvgIpc) is 3.02. The van der Waals surface area contributed by atoms with E-state index in [-0.39, 0.29) is 11.4 Å². The van der Waals surface area contributed by atoms with Gasteiger partial charge in [-0.25, -0.2) is 13.1 Å². The molecule has 42 heavy (non-hydrogen) atoms. The Hall–Kier alpha value is -4.18. The van der Waals surface area contributed by atoms with Crippen LogP contribution in [0.1, 0.15) is 37.3 Å². The molecule has 0 radical (unpaired) electrons. The average molecular weight is 586 g/mol. The van der Waals surface area contributed by atoms with Gasteiger partial charge in [0.25, 0.3) is 5.91 Å². The quantitative estimate of drug-likeness (QED) is 0.202. The maximum Gasteiger partial charge on any atom is 0.289 e. The highest BCUT2D eigenvalue weighted by molar-refractivity contribution is 7.89. The van der Waals surface area contributed by atoms with Crippen molar-refractivity contribution >= 4 is 38.3 Å². The number of ketones is 2. The van der Waals surface area contributed by atoms with Gasteiger partial charge in [0, 0.05) is 11.9 Å². The normalized spacial score (nSPS) is 14.5. The number of hydrogen-bond acceptors (Lipinski definition) is 6. The topological polar surface area (TPSA) is 135 Å². The van der Waals surface area contributed by atoms with Crippen molar-refractivity contribution in [3.8, 4) is 0 Å². The standard InChI is InChI=1S/C33H35N3O5S/c1-3-22(2)30(36-42(40,41)27-20-12-18-24-15-10-11-19-26(24)27)31(37)28(25-16-8-5-9-17-25)29(34)32(38)33(39)35-21-23-13-6-4-7-14-23/h4-20,22,28-30,36H,3,21,34H2,1-2H3,(H,35,39)/t22-,28?,29-,30-/m0/s1. The van der Waals surface area contributed by atoms with E-state index in [0.29, 0.717) is 17.4 Å². The molecule has 8 nitrogen and oxygen atoms in total. The maximum atomic E-state index is 14.3. The molecule has 1 amide bonds. The minimum Gasteiger partial charge on any atom is -0.345 e. The number of carbonyl (C=O) groups is 3. The van der Waals surface area contributed by atoms with Crippen LogP contribution in [0.5, 0.6) is 0 Å². The number of nitrogens with one attached hydrogen (secondary N) is 2. The van der Waals surface area contributed by atoms with Crippen molar-refractivity contribution in [1.82, 2.24) is 10.0 Å². The lowest BCUT2D eigenvalue weighted by molar-refractivity contribution is -0.140. The van der Waals surface area contributed by atoms with E-state index in [0.717, 1.165) is 10.9 Å². The fourth-order valence-corrected chi connectivity index (χ4v) is 6.46. The number of rotatable bonds is 13. The van der Waals surface area contributed by atoms with Crippen LogP contribution in [0, 0.1) is 5.92 Å². The van der Waals surface area contributed by atoms with Gasteiger partial charge in [0.2, 0.25) is 15.8 Å². The molecule has 0 fully saturated rings. The van der Waals surface area contributed by atoms with Crippen LogP contribution in [0.15, 0.2) is 108 Å². The Morgan fingerprint density at radius 1 is 0.810 bits per heavy atom. The van der Waals surface area contributed by atoms with Crippen LogP contribution < -0.4 is 15.8 Å². The molecule has 0 aromatic heterocycles. The molecule has 0 heterocycles. The minimum absolute atomic E-state index is 0.0404.